The molecule has 10 heteroatoms. The Morgan fingerprint density at radius 3 is 2.37 bits per heavy atom. The molecule has 0 radical (unpaired) electrons. The molecule has 0 N–H and O–H groups in total. The van der Waals surface area contributed by atoms with E-state index in [2.05, 4.69) is 4.98 Å². The lowest BCUT2D eigenvalue weighted by Gasteiger charge is -2.29. The Hall–Kier alpha value is -3.46. The lowest BCUT2D eigenvalue weighted by molar-refractivity contribution is -0.140. The molecule has 1 aliphatic rings. The highest BCUT2D eigenvalue weighted by molar-refractivity contribution is 6.42. The molecule has 212 valence electrons. The minimum Gasteiger partial charge on any atom is -0.336 e. The van der Waals surface area contributed by atoms with E-state index < -0.39 is 17.6 Å². The van der Waals surface area contributed by atoms with E-state index in [0.717, 1.165) is 28.8 Å². The van der Waals surface area contributed by atoms with Gasteiger partial charge in [0.2, 0.25) is 0 Å². The Morgan fingerprint density at radius 2 is 1.73 bits per heavy atom. The van der Waals surface area contributed by atoms with Gasteiger partial charge in [0.1, 0.15) is 5.82 Å². The molecule has 1 saturated heterocycles. The zero-order chi connectivity index (χ0) is 29.3. The largest absolute Gasteiger partial charge is 0.419 e. The van der Waals surface area contributed by atoms with Crippen LogP contribution < -0.4 is 0 Å². The number of pyridine rings is 1. The van der Waals surface area contributed by atoms with Crippen molar-refractivity contribution in [3.8, 4) is 11.1 Å². The highest BCUT2D eigenvalue weighted by atomic mass is 35.5. The highest BCUT2D eigenvalue weighted by Crippen LogP contribution is 2.36. The quantitative estimate of drug-likeness (QED) is 0.210. The second-order valence-electron chi connectivity index (χ2n) is 10.1. The third-order valence-corrected chi connectivity index (χ3v) is 8.15. The Bertz CT molecular complexity index is 1550. The summed E-state index contributed by atoms with van der Waals surface area (Å²) in [7, 11) is 1.81. The van der Waals surface area contributed by atoms with Crippen LogP contribution in [0.5, 0.6) is 0 Å². The number of alkyl halides is 3. The molecular formula is C31H25Cl2F4N3O. The third kappa shape index (κ3) is 6.40. The van der Waals surface area contributed by atoms with Crippen molar-refractivity contribution in [3.05, 3.63) is 123 Å². The van der Waals surface area contributed by atoms with Crippen molar-refractivity contribution in [1.29, 1.82) is 0 Å². The van der Waals surface area contributed by atoms with Crippen LogP contribution in [-0.2, 0) is 12.7 Å². The molecule has 1 fully saturated rings. The summed E-state index contributed by atoms with van der Waals surface area (Å²) in [6.07, 6.45) is -1.32. The molecule has 2 atom stereocenters. The second kappa shape index (κ2) is 11.8. The molecule has 41 heavy (non-hydrogen) atoms. The second-order valence-corrected chi connectivity index (χ2v) is 10.9. The summed E-state index contributed by atoms with van der Waals surface area (Å²) in [5.74, 6) is -1.64. The van der Waals surface area contributed by atoms with E-state index in [1.807, 2.05) is 35.2 Å². The van der Waals surface area contributed by atoms with Gasteiger partial charge in [-0.1, -0.05) is 53.5 Å². The smallest absolute Gasteiger partial charge is 0.336 e. The summed E-state index contributed by atoms with van der Waals surface area (Å²) in [6.45, 7) is 0.921. The van der Waals surface area contributed by atoms with Gasteiger partial charge in [-0.15, -0.1) is 0 Å². The standard InChI is InChI=1S/C31H25Cl2F4N3O/c1-39(16-19-4-10-25(28(34)13-19)31(35,36)37)29-18-40(17-24(29)22-9-11-26(32)27(33)14-22)30(41)21-7-5-20(6-8-21)23-3-2-12-38-15-23/h2-15,24,29H,16-18H2,1H3/t24-,29?/m1/s1. The fourth-order valence-electron chi connectivity index (χ4n) is 5.28. The van der Waals surface area contributed by atoms with Crippen molar-refractivity contribution in [2.75, 3.05) is 20.1 Å². The first-order valence-electron chi connectivity index (χ1n) is 12.8. The summed E-state index contributed by atoms with van der Waals surface area (Å²) in [5, 5.41) is 0.784. The molecule has 1 amide bonds. The molecule has 1 aliphatic heterocycles. The molecule has 1 unspecified atom stereocenters. The normalized spacial score (nSPS) is 17.3. The number of likely N-dealkylation sites (tertiary alicyclic amines) is 1. The first-order chi connectivity index (χ1) is 19.5. The zero-order valence-electron chi connectivity index (χ0n) is 21.9. The average molecular weight is 602 g/mol. The van der Waals surface area contributed by atoms with Gasteiger partial charge >= 0.3 is 6.18 Å². The minimum atomic E-state index is -4.77. The molecule has 3 aromatic carbocycles. The van der Waals surface area contributed by atoms with E-state index in [0.29, 0.717) is 34.3 Å². The van der Waals surface area contributed by atoms with Crippen LogP contribution in [-0.4, -0.2) is 46.9 Å². The summed E-state index contributed by atoms with van der Waals surface area (Å²) in [6, 6.07) is 19.1. The van der Waals surface area contributed by atoms with Gasteiger partial charge in [-0.05, 0) is 71.8 Å². The van der Waals surface area contributed by atoms with Gasteiger partial charge in [0.25, 0.3) is 5.91 Å². The first kappa shape index (κ1) is 29.0. The van der Waals surface area contributed by atoms with Crippen LogP contribution in [0.3, 0.4) is 0 Å². The molecular weight excluding hydrogens is 577 g/mol. The molecule has 0 spiro atoms. The number of carbonyl (C=O) groups excluding carboxylic acids is 1. The van der Waals surface area contributed by atoms with Gasteiger partial charge in [0.15, 0.2) is 0 Å². The molecule has 5 rings (SSSR count). The van der Waals surface area contributed by atoms with Gasteiger partial charge < -0.3 is 4.90 Å². The van der Waals surface area contributed by atoms with Crippen LogP contribution in [0.4, 0.5) is 17.6 Å². The molecule has 4 aromatic rings. The number of aromatic nitrogens is 1. The van der Waals surface area contributed by atoms with Crippen molar-refractivity contribution < 1.29 is 22.4 Å². The van der Waals surface area contributed by atoms with Crippen LogP contribution in [0, 0.1) is 5.82 Å². The molecule has 0 bridgehead atoms. The average Bonchev–Trinajstić information content (AvgIpc) is 3.40. The lowest BCUT2D eigenvalue weighted by Crippen LogP contribution is -2.38. The topological polar surface area (TPSA) is 36.4 Å². The Kier molecular flexibility index (Phi) is 8.36. The minimum absolute atomic E-state index is 0.149. The number of nitrogens with zero attached hydrogens (tertiary/aromatic N) is 3. The Morgan fingerprint density at radius 1 is 0.976 bits per heavy atom. The third-order valence-electron chi connectivity index (χ3n) is 7.41. The lowest BCUT2D eigenvalue weighted by atomic mass is 9.93. The fourth-order valence-corrected chi connectivity index (χ4v) is 5.59. The number of rotatable bonds is 6. The number of halogens is 6. The molecule has 0 saturated carbocycles. The predicted octanol–water partition coefficient (Wildman–Crippen LogP) is 7.95. The van der Waals surface area contributed by atoms with Crippen molar-refractivity contribution in [2.45, 2.75) is 24.7 Å². The first-order valence-corrected chi connectivity index (χ1v) is 13.6. The maximum Gasteiger partial charge on any atom is 0.419 e. The van der Waals surface area contributed by atoms with E-state index >= 15 is 0 Å². The van der Waals surface area contributed by atoms with Crippen molar-refractivity contribution in [3.63, 3.8) is 0 Å². The number of benzene rings is 3. The van der Waals surface area contributed by atoms with Crippen LogP contribution >= 0.6 is 23.2 Å². The highest BCUT2D eigenvalue weighted by Gasteiger charge is 2.39. The van der Waals surface area contributed by atoms with Gasteiger partial charge in [-0.25, -0.2) is 4.39 Å². The van der Waals surface area contributed by atoms with Gasteiger partial charge in [-0.2, -0.15) is 13.2 Å². The molecule has 0 aliphatic carbocycles. The molecule has 1 aromatic heterocycles. The van der Waals surface area contributed by atoms with Crippen LogP contribution in [0.1, 0.15) is 33.0 Å². The van der Waals surface area contributed by atoms with E-state index in [1.165, 1.54) is 6.07 Å². The summed E-state index contributed by atoms with van der Waals surface area (Å²) < 4.78 is 53.4. The number of carbonyl (C=O) groups is 1. The van der Waals surface area contributed by atoms with E-state index in [1.54, 1.807) is 48.6 Å². The maximum absolute atomic E-state index is 14.3. The van der Waals surface area contributed by atoms with E-state index in [-0.39, 0.29) is 24.4 Å². The molecule has 2 heterocycles. The Labute approximate surface area is 245 Å². The summed E-state index contributed by atoms with van der Waals surface area (Å²) >= 11 is 12.5. The van der Waals surface area contributed by atoms with E-state index in [4.69, 9.17) is 23.2 Å². The zero-order valence-corrected chi connectivity index (χ0v) is 23.4. The van der Waals surface area contributed by atoms with Gasteiger partial charge in [-0.3, -0.25) is 14.7 Å². The van der Waals surface area contributed by atoms with Gasteiger partial charge in [0.05, 0.1) is 15.6 Å². The monoisotopic (exact) mass is 601 g/mol. The van der Waals surface area contributed by atoms with Crippen LogP contribution in [0.15, 0.2) is 85.2 Å². The summed E-state index contributed by atoms with van der Waals surface area (Å²) in [4.78, 5) is 21.4. The fraction of sp³-hybridized carbons (Fsp3) is 0.226. The van der Waals surface area contributed by atoms with Crippen molar-refractivity contribution in [1.82, 2.24) is 14.8 Å². The number of likely N-dealkylation sites (N-methyl/N-ethyl adjacent to an activating group) is 1. The maximum atomic E-state index is 14.3. The Balaban J connectivity index is 1.39. The van der Waals surface area contributed by atoms with Gasteiger partial charge in [0, 0.05) is 49.6 Å². The van der Waals surface area contributed by atoms with Crippen LogP contribution in [0.2, 0.25) is 10.0 Å². The number of hydrogen-bond acceptors (Lipinski definition) is 3. The number of amides is 1. The predicted molar refractivity (Wildman–Crippen MR) is 151 cm³/mol. The number of hydrogen-bond donors (Lipinski definition) is 0. The SMILES string of the molecule is CN(Cc1ccc(C(F)(F)F)c(F)c1)C1CN(C(=O)c2ccc(-c3cccnc3)cc2)C[C@@H]1c1ccc(Cl)c(Cl)c1. The van der Waals surface area contributed by atoms with E-state index in [9.17, 15) is 22.4 Å². The summed E-state index contributed by atoms with van der Waals surface area (Å²) in [5.41, 5.74) is 2.36. The molecule has 4 nitrogen and oxygen atoms in total. The van der Waals surface area contributed by atoms with Crippen LogP contribution in [0.25, 0.3) is 11.1 Å². The van der Waals surface area contributed by atoms with Crippen molar-refractivity contribution in [2.24, 2.45) is 0 Å². The van der Waals surface area contributed by atoms with Crippen molar-refractivity contribution >= 4 is 29.1 Å².